The zero-order valence-electron chi connectivity index (χ0n) is 26.3. The van der Waals surface area contributed by atoms with Gasteiger partial charge in [-0.2, -0.15) is 0 Å². The van der Waals surface area contributed by atoms with E-state index < -0.39 is 0 Å². The van der Waals surface area contributed by atoms with Crippen LogP contribution in [0.2, 0.25) is 0 Å². The summed E-state index contributed by atoms with van der Waals surface area (Å²) >= 11 is 0. The molecule has 9 aromatic carbocycles. The standard InChI is InChI=1S/C46H22O4/c1-3-25-11-15-35-43-39(25)31(5-1)47-33-17-13-27-19-29(21-37(49-35)41(27)45(33)43)23-7-9-24(10-8-23)30-20-28-14-18-34-46-42(28)38(22-30)50-36-16-12-26-4-2-6-32(48-34)40(26)44(36)46/h1-22H. The Bertz CT molecular complexity index is 3190. The molecule has 0 spiro atoms. The maximum atomic E-state index is 6.66. The van der Waals surface area contributed by atoms with Crippen LogP contribution >= 0.6 is 0 Å². The molecule has 0 saturated heterocycles. The summed E-state index contributed by atoms with van der Waals surface area (Å²) in [7, 11) is 0. The lowest BCUT2D eigenvalue weighted by atomic mass is 9.88. The second-order valence-electron chi connectivity index (χ2n) is 13.6. The lowest BCUT2D eigenvalue weighted by Gasteiger charge is -2.20. The zero-order valence-corrected chi connectivity index (χ0v) is 26.3. The van der Waals surface area contributed by atoms with Gasteiger partial charge in [0.1, 0.15) is 44.7 Å². The SMILES string of the molecule is c1cc2ccc3oc4cc(-c5ccc(-c6cc7ccc8oc9cccc%10ccc%11oc(c6)c7c8-c%11c%109)cc5)cc5ccc6oc(c1)c2c3-c6c54. The number of hydrogen-bond donors (Lipinski definition) is 0. The molecule has 230 valence electrons. The molecule has 0 aromatic heterocycles. The minimum absolute atomic E-state index is 0.853. The molecule has 50 heavy (non-hydrogen) atoms. The minimum atomic E-state index is 0.853. The normalized spacial score (nSPS) is 12.8. The first-order valence-electron chi connectivity index (χ1n) is 16.9. The van der Waals surface area contributed by atoms with Gasteiger partial charge in [-0.3, -0.25) is 0 Å². The maximum Gasteiger partial charge on any atom is 0.136 e. The molecule has 0 aliphatic carbocycles. The van der Waals surface area contributed by atoms with E-state index in [1.165, 1.54) is 0 Å². The first kappa shape index (κ1) is 25.3. The largest absolute Gasteiger partial charge is 0.456 e. The molecule has 0 unspecified atom stereocenters. The molecule has 4 aliphatic heterocycles. The summed E-state index contributed by atoms with van der Waals surface area (Å²) in [4.78, 5) is 0. The molecule has 0 saturated carbocycles. The third-order valence-corrected chi connectivity index (χ3v) is 11.0. The van der Waals surface area contributed by atoms with Crippen molar-refractivity contribution in [2.75, 3.05) is 0 Å². The first-order chi connectivity index (χ1) is 24.7. The van der Waals surface area contributed by atoms with E-state index in [0.29, 0.717) is 0 Å². The predicted molar refractivity (Wildman–Crippen MR) is 202 cm³/mol. The van der Waals surface area contributed by atoms with Crippen molar-refractivity contribution in [3.8, 4) is 44.5 Å². The van der Waals surface area contributed by atoms with Crippen LogP contribution in [0.15, 0.2) is 151 Å². The van der Waals surface area contributed by atoms with E-state index in [9.17, 15) is 0 Å². The average molecular weight is 639 g/mol. The summed E-state index contributed by atoms with van der Waals surface area (Å²) in [6, 6.07) is 46.9. The summed E-state index contributed by atoms with van der Waals surface area (Å²) in [5.74, 6) is 0. The third-order valence-electron chi connectivity index (χ3n) is 11.0. The Balaban J connectivity index is 0.968. The Labute approximate surface area is 282 Å². The molecule has 0 radical (unpaired) electrons. The highest BCUT2D eigenvalue weighted by Crippen LogP contribution is 2.50. The lowest BCUT2D eigenvalue weighted by molar-refractivity contribution is 0.646. The van der Waals surface area contributed by atoms with Gasteiger partial charge >= 0.3 is 0 Å². The van der Waals surface area contributed by atoms with Gasteiger partial charge in [0.25, 0.3) is 0 Å². The molecule has 0 N–H and O–H groups in total. The van der Waals surface area contributed by atoms with Crippen molar-refractivity contribution >= 4 is 87.8 Å². The molecule has 0 fully saturated rings. The highest BCUT2D eigenvalue weighted by molar-refractivity contribution is 6.25. The van der Waals surface area contributed by atoms with Crippen molar-refractivity contribution in [1.82, 2.24) is 0 Å². The Morgan fingerprint density at radius 2 is 0.600 bits per heavy atom. The Morgan fingerprint density at radius 3 is 1.02 bits per heavy atom. The van der Waals surface area contributed by atoms with E-state index in [4.69, 9.17) is 17.7 Å². The van der Waals surface area contributed by atoms with Crippen molar-refractivity contribution in [3.05, 3.63) is 133 Å². The maximum absolute atomic E-state index is 6.66. The molecule has 0 amide bonds. The fraction of sp³-hybridized carbons (Fsp3) is 0. The highest BCUT2D eigenvalue weighted by Gasteiger charge is 2.26. The van der Waals surface area contributed by atoms with Crippen molar-refractivity contribution in [3.63, 3.8) is 0 Å². The molecule has 4 heteroatoms. The molecule has 13 rings (SSSR count). The second-order valence-corrected chi connectivity index (χ2v) is 13.6. The average Bonchev–Trinajstić information content (AvgIpc) is 3.16. The smallest absolute Gasteiger partial charge is 0.136 e. The highest BCUT2D eigenvalue weighted by atomic mass is 16.3. The van der Waals surface area contributed by atoms with Crippen LogP contribution in [0, 0.1) is 0 Å². The molecule has 4 nitrogen and oxygen atoms in total. The van der Waals surface area contributed by atoms with Crippen LogP contribution in [0.5, 0.6) is 0 Å². The van der Waals surface area contributed by atoms with Gasteiger partial charge in [-0.1, -0.05) is 72.8 Å². The lowest BCUT2D eigenvalue weighted by Crippen LogP contribution is -1.95. The van der Waals surface area contributed by atoms with Gasteiger partial charge in [0.05, 0.1) is 0 Å². The summed E-state index contributed by atoms with van der Waals surface area (Å²) in [5, 5.41) is 8.99. The molecule has 0 atom stereocenters. The van der Waals surface area contributed by atoms with Crippen LogP contribution in [0.4, 0.5) is 0 Å². The monoisotopic (exact) mass is 638 g/mol. The summed E-state index contributed by atoms with van der Waals surface area (Å²) in [6.07, 6.45) is 0. The van der Waals surface area contributed by atoms with E-state index in [1.807, 2.05) is 24.3 Å². The van der Waals surface area contributed by atoms with E-state index in [0.717, 1.165) is 132 Å². The van der Waals surface area contributed by atoms with Crippen LogP contribution in [0.25, 0.3) is 132 Å². The van der Waals surface area contributed by atoms with E-state index in [2.05, 4.69) is 109 Å². The molecular formula is C46H22O4. The zero-order chi connectivity index (χ0) is 32.2. The molecule has 4 heterocycles. The van der Waals surface area contributed by atoms with E-state index >= 15 is 0 Å². The Kier molecular flexibility index (Phi) is 4.36. The molecule has 9 aromatic rings. The molecule has 0 bridgehead atoms. The van der Waals surface area contributed by atoms with Crippen molar-refractivity contribution < 1.29 is 17.7 Å². The van der Waals surface area contributed by atoms with Crippen LogP contribution in [0.3, 0.4) is 0 Å². The van der Waals surface area contributed by atoms with E-state index in [-0.39, 0.29) is 0 Å². The Hall–Kier alpha value is -6.78. The summed E-state index contributed by atoms with van der Waals surface area (Å²) < 4.78 is 26.2. The topological polar surface area (TPSA) is 52.6 Å². The number of hydrogen-bond acceptors (Lipinski definition) is 4. The fourth-order valence-electron chi connectivity index (χ4n) is 8.80. The van der Waals surface area contributed by atoms with Gasteiger partial charge in [-0.05, 0) is 104 Å². The van der Waals surface area contributed by atoms with Gasteiger partial charge in [-0.15, -0.1) is 0 Å². The van der Waals surface area contributed by atoms with Gasteiger partial charge < -0.3 is 17.7 Å². The van der Waals surface area contributed by atoms with Gasteiger partial charge in [0, 0.05) is 43.8 Å². The van der Waals surface area contributed by atoms with Crippen molar-refractivity contribution in [2.45, 2.75) is 0 Å². The third kappa shape index (κ3) is 3.08. The molecule has 4 aliphatic rings. The summed E-state index contributed by atoms with van der Waals surface area (Å²) in [6.45, 7) is 0. The van der Waals surface area contributed by atoms with Gasteiger partial charge in [0.2, 0.25) is 0 Å². The van der Waals surface area contributed by atoms with Crippen molar-refractivity contribution in [2.24, 2.45) is 0 Å². The predicted octanol–water partition coefficient (Wildman–Crippen LogP) is 13.7. The first-order valence-corrected chi connectivity index (χ1v) is 16.9. The van der Waals surface area contributed by atoms with Crippen molar-refractivity contribution in [1.29, 1.82) is 0 Å². The minimum Gasteiger partial charge on any atom is -0.456 e. The second kappa shape index (κ2) is 8.62. The number of benzene rings is 9. The van der Waals surface area contributed by atoms with Crippen LogP contribution in [-0.4, -0.2) is 0 Å². The van der Waals surface area contributed by atoms with Crippen LogP contribution in [0.1, 0.15) is 0 Å². The van der Waals surface area contributed by atoms with Gasteiger partial charge in [-0.25, -0.2) is 0 Å². The van der Waals surface area contributed by atoms with Crippen LogP contribution < -0.4 is 0 Å². The van der Waals surface area contributed by atoms with Gasteiger partial charge in [0.15, 0.2) is 0 Å². The molecular weight excluding hydrogens is 617 g/mol. The fourth-order valence-corrected chi connectivity index (χ4v) is 8.80. The van der Waals surface area contributed by atoms with E-state index in [1.54, 1.807) is 0 Å². The Morgan fingerprint density at radius 1 is 0.240 bits per heavy atom. The summed E-state index contributed by atoms with van der Waals surface area (Å²) in [5.41, 5.74) is 15.9. The quantitative estimate of drug-likeness (QED) is 0.140. The number of rotatable bonds is 2. The van der Waals surface area contributed by atoms with Crippen LogP contribution in [-0.2, 0) is 0 Å².